The first-order valence-electron chi connectivity index (χ1n) is 5.31. The van der Waals surface area contributed by atoms with E-state index in [1.807, 2.05) is 5.43 Å². The number of nitrogens with zero attached hydrogens (tertiary/aromatic N) is 1. The third-order valence-electron chi connectivity index (χ3n) is 2.65. The maximum Gasteiger partial charge on any atom is 0.262 e. The lowest BCUT2D eigenvalue weighted by atomic mass is 10.2. The van der Waals surface area contributed by atoms with Gasteiger partial charge in [-0.1, -0.05) is 6.07 Å². The number of ether oxygens (including phenoxy) is 1. The molecule has 0 radical (unpaired) electrons. The highest BCUT2D eigenvalue weighted by Crippen LogP contribution is 2.31. The second-order valence-electron chi connectivity index (χ2n) is 3.88. The zero-order valence-electron chi connectivity index (χ0n) is 9.62. The van der Waals surface area contributed by atoms with Gasteiger partial charge < -0.3 is 14.9 Å². The first-order valence-corrected chi connectivity index (χ1v) is 5.31. The minimum Gasteiger partial charge on any atom is -0.504 e. The van der Waals surface area contributed by atoms with Crippen LogP contribution in [0.25, 0.3) is 0 Å². The average molecular weight is 251 g/mol. The molecule has 5 N–H and O–H groups in total. The molecule has 7 heteroatoms. The number of benzene rings is 1. The van der Waals surface area contributed by atoms with Gasteiger partial charge >= 0.3 is 0 Å². The van der Waals surface area contributed by atoms with E-state index < -0.39 is 18.1 Å². The second-order valence-corrected chi connectivity index (χ2v) is 3.88. The fourth-order valence-corrected chi connectivity index (χ4v) is 1.70. The smallest absolute Gasteiger partial charge is 0.262 e. The van der Waals surface area contributed by atoms with Crippen molar-refractivity contribution in [2.75, 3.05) is 0 Å². The monoisotopic (exact) mass is 251 g/mol. The first-order chi connectivity index (χ1) is 8.54. The molecule has 1 aromatic rings. The summed E-state index contributed by atoms with van der Waals surface area (Å²) in [5.74, 6) is 4.05. The van der Waals surface area contributed by atoms with Gasteiger partial charge in [0.25, 0.3) is 5.91 Å². The van der Waals surface area contributed by atoms with Crippen LogP contribution in [0.15, 0.2) is 23.2 Å². The Morgan fingerprint density at radius 1 is 1.50 bits per heavy atom. The highest BCUT2D eigenvalue weighted by atomic mass is 16.5. The number of phenolic OH excluding ortho intramolecular Hbond substituents is 2. The topological polar surface area (TPSA) is 117 Å². The van der Waals surface area contributed by atoms with Crippen LogP contribution < -0.4 is 11.3 Å². The van der Waals surface area contributed by atoms with Crippen LogP contribution in [-0.4, -0.2) is 34.2 Å². The fourth-order valence-electron chi connectivity index (χ4n) is 1.70. The Morgan fingerprint density at radius 3 is 2.89 bits per heavy atom. The summed E-state index contributed by atoms with van der Waals surface area (Å²) in [6.07, 6.45) is -0.495. The molecule has 0 spiro atoms. The third kappa shape index (κ3) is 1.95. The van der Waals surface area contributed by atoms with Crippen LogP contribution in [0.1, 0.15) is 12.5 Å². The molecule has 1 amide bonds. The molecular formula is C11H13N3O4. The largest absolute Gasteiger partial charge is 0.504 e. The van der Waals surface area contributed by atoms with Gasteiger partial charge in [0.15, 0.2) is 17.5 Å². The van der Waals surface area contributed by atoms with Crippen molar-refractivity contribution in [1.29, 1.82) is 0 Å². The number of aliphatic imine (C=N–C) groups is 1. The van der Waals surface area contributed by atoms with Crippen molar-refractivity contribution >= 4 is 11.8 Å². The van der Waals surface area contributed by atoms with Crippen LogP contribution in [0.4, 0.5) is 0 Å². The van der Waals surface area contributed by atoms with Crippen LogP contribution >= 0.6 is 0 Å². The van der Waals surface area contributed by atoms with Gasteiger partial charge in [-0.25, -0.2) is 10.8 Å². The van der Waals surface area contributed by atoms with E-state index >= 15 is 0 Å². The Hall–Kier alpha value is -2.28. The molecule has 0 saturated carbocycles. The van der Waals surface area contributed by atoms with E-state index in [1.54, 1.807) is 6.92 Å². The molecule has 0 aliphatic carbocycles. The van der Waals surface area contributed by atoms with E-state index in [-0.39, 0.29) is 23.0 Å². The number of phenols is 2. The van der Waals surface area contributed by atoms with Crippen LogP contribution in [-0.2, 0) is 9.53 Å². The summed E-state index contributed by atoms with van der Waals surface area (Å²) < 4.78 is 5.38. The highest BCUT2D eigenvalue weighted by Gasteiger charge is 2.34. The molecule has 96 valence electrons. The lowest BCUT2D eigenvalue weighted by Gasteiger charge is -2.11. The molecule has 7 nitrogen and oxygen atoms in total. The number of nitrogens with two attached hydrogens (primary N) is 1. The van der Waals surface area contributed by atoms with Gasteiger partial charge in [-0.2, -0.15) is 0 Å². The van der Waals surface area contributed by atoms with Crippen LogP contribution in [0.5, 0.6) is 11.5 Å². The van der Waals surface area contributed by atoms with E-state index in [4.69, 9.17) is 10.6 Å². The van der Waals surface area contributed by atoms with Gasteiger partial charge in [0, 0.05) is 0 Å². The Balaban J connectivity index is 2.35. The Morgan fingerprint density at radius 2 is 2.22 bits per heavy atom. The molecule has 1 aliphatic heterocycles. The van der Waals surface area contributed by atoms with Gasteiger partial charge in [0.05, 0.1) is 5.56 Å². The number of nitrogens with one attached hydrogen (secondary N) is 1. The molecule has 0 fully saturated rings. The molecule has 1 aliphatic rings. The Bertz CT molecular complexity index is 515. The van der Waals surface area contributed by atoms with Crippen molar-refractivity contribution in [2.24, 2.45) is 10.8 Å². The molecule has 2 rings (SSSR count). The van der Waals surface area contributed by atoms with E-state index in [2.05, 4.69) is 4.99 Å². The standard InChI is InChI=1S/C11H13N3O4/c1-5-8(10(17)14-12)13-11(18-5)6-3-2-4-7(15)9(6)16/h2-5,8,15-16H,12H2,1H3,(H,14,17). The highest BCUT2D eigenvalue weighted by molar-refractivity contribution is 6.01. The summed E-state index contributed by atoms with van der Waals surface area (Å²) in [5.41, 5.74) is 2.23. The minimum atomic E-state index is -0.772. The number of carbonyl (C=O) groups is 1. The van der Waals surface area contributed by atoms with Gasteiger partial charge in [-0.15, -0.1) is 0 Å². The molecule has 0 aromatic heterocycles. The summed E-state index contributed by atoms with van der Waals surface area (Å²) >= 11 is 0. The van der Waals surface area contributed by atoms with Crippen molar-refractivity contribution < 1.29 is 19.7 Å². The lowest BCUT2D eigenvalue weighted by Crippen LogP contribution is -2.41. The summed E-state index contributed by atoms with van der Waals surface area (Å²) in [7, 11) is 0. The number of aromatic hydroxyl groups is 2. The first kappa shape index (κ1) is 12.2. The van der Waals surface area contributed by atoms with Gasteiger partial charge in [-0.05, 0) is 19.1 Å². The van der Waals surface area contributed by atoms with E-state index in [0.717, 1.165) is 0 Å². The van der Waals surface area contributed by atoms with Crippen LogP contribution in [0.2, 0.25) is 0 Å². The SMILES string of the molecule is CC1OC(c2cccc(O)c2O)=NC1C(=O)NN. The van der Waals surface area contributed by atoms with E-state index in [9.17, 15) is 15.0 Å². The Kier molecular flexibility index (Phi) is 3.07. The zero-order valence-corrected chi connectivity index (χ0v) is 9.62. The quantitative estimate of drug-likeness (QED) is 0.247. The molecule has 18 heavy (non-hydrogen) atoms. The Labute approximate surface area is 103 Å². The van der Waals surface area contributed by atoms with Gasteiger partial charge in [0.2, 0.25) is 5.90 Å². The molecule has 1 heterocycles. The predicted molar refractivity (Wildman–Crippen MR) is 63.0 cm³/mol. The number of para-hydroxylation sites is 1. The third-order valence-corrected chi connectivity index (χ3v) is 2.65. The van der Waals surface area contributed by atoms with Gasteiger partial charge in [0.1, 0.15) is 6.10 Å². The number of hydrazine groups is 1. The van der Waals surface area contributed by atoms with Crippen molar-refractivity contribution in [2.45, 2.75) is 19.1 Å². The maximum atomic E-state index is 11.4. The summed E-state index contributed by atoms with van der Waals surface area (Å²) in [6, 6.07) is 3.63. The number of hydrogen-bond donors (Lipinski definition) is 4. The minimum absolute atomic E-state index is 0.101. The average Bonchev–Trinajstić information content (AvgIpc) is 2.73. The number of carbonyl (C=O) groups excluding carboxylic acids is 1. The molecule has 0 saturated heterocycles. The number of rotatable bonds is 2. The van der Waals surface area contributed by atoms with Crippen molar-refractivity contribution in [3.8, 4) is 11.5 Å². The fraction of sp³-hybridized carbons (Fsp3) is 0.273. The van der Waals surface area contributed by atoms with E-state index in [0.29, 0.717) is 0 Å². The maximum absolute atomic E-state index is 11.4. The molecular weight excluding hydrogens is 238 g/mol. The predicted octanol–water partition coefficient (Wildman–Crippen LogP) is -0.378. The van der Waals surface area contributed by atoms with Gasteiger partial charge in [-0.3, -0.25) is 10.2 Å². The summed E-state index contributed by atoms with van der Waals surface area (Å²) in [4.78, 5) is 15.5. The van der Waals surface area contributed by atoms with Crippen LogP contribution in [0, 0.1) is 0 Å². The lowest BCUT2D eigenvalue weighted by molar-refractivity contribution is -0.123. The van der Waals surface area contributed by atoms with Crippen molar-refractivity contribution in [1.82, 2.24) is 5.43 Å². The van der Waals surface area contributed by atoms with Crippen molar-refractivity contribution in [3.05, 3.63) is 23.8 Å². The zero-order chi connectivity index (χ0) is 13.3. The molecule has 2 atom stereocenters. The summed E-state index contributed by atoms with van der Waals surface area (Å²) in [5, 5.41) is 19.1. The summed E-state index contributed by atoms with van der Waals surface area (Å²) in [6.45, 7) is 1.66. The normalized spacial score (nSPS) is 22.2. The molecule has 1 aromatic carbocycles. The van der Waals surface area contributed by atoms with Crippen LogP contribution in [0.3, 0.4) is 0 Å². The number of hydrogen-bond acceptors (Lipinski definition) is 6. The molecule has 0 bridgehead atoms. The number of amides is 1. The molecule has 2 unspecified atom stereocenters. The van der Waals surface area contributed by atoms with Crippen molar-refractivity contribution in [3.63, 3.8) is 0 Å². The van der Waals surface area contributed by atoms with E-state index in [1.165, 1.54) is 18.2 Å². The second kappa shape index (κ2) is 4.53.